The first-order valence-corrected chi connectivity index (χ1v) is 9.89. The minimum Gasteiger partial charge on any atom is -0.490 e. The first-order valence-electron chi connectivity index (χ1n) is 8.40. The fraction of sp³-hybridized carbons (Fsp3) is 0.316. The fourth-order valence-electron chi connectivity index (χ4n) is 2.88. The number of nitrogens with one attached hydrogen (secondary N) is 1. The van der Waals surface area contributed by atoms with Crippen molar-refractivity contribution in [2.75, 3.05) is 11.8 Å². The zero-order valence-electron chi connectivity index (χ0n) is 15.0. The number of benzene rings is 2. The summed E-state index contributed by atoms with van der Waals surface area (Å²) in [5, 5.41) is 0. The summed E-state index contributed by atoms with van der Waals surface area (Å²) in [5.41, 5.74) is 2.34. The number of anilines is 1. The quantitative estimate of drug-likeness (QED) is 0.873. The molecule has 0 aliphatic carbocycles. The Balaban J connectivity index is 1.89. The van der Waals surface area contributed by atoms with E-state index in [-0.39, 0.29) is 16.9 Å². The molecule has 0 bridgehead atoms. The van der Waals surface area contributed by atoms with Gasteiger partial charge in [0.25, 0.3) is 10.0 Å². The molecule has 1 heterocycles. The van der Waals surface area contributed by atoms with E-state index in [9.17, 15) is 13.2 Å². The second kappa shape index (κ2) is 6.99. The number of para-hydroxylation sites is 1. The number of likely N-dealkylation sites (N-methyl/N-ethyl adjacent to an activating group) is 1. The molecule has 2 aromatic carbocycles. The number of rotatable bonds is 5. The standard InChI is InChI=1S/C19H22N2O4S/c1-13(2)25-17-6-4-5-7-18(17)26(23,24)20-16-9-8-14-11-19(22)21(3)12-15(14)10-16/h4-10,13,20H,11-12H2,1-3H3. The molecule has 2 aromatic rings. The SMILES string of the molecule is CC(C)Oc1ccccc1S(=O)(=O)Nc1ccc2c(c1)CN(C)C(=O)C2. The van der Waals surface area contributed by atoms with Crippen molar-refractivity contribution in [3.8, 4) is 5.75 Å². The van der Waals surface area contributed by atoms with Gasteiger partial charge < -0.3 is 9.64 Å². The molecule has 0 aromatic heterocycles. The van der Waals surface area contributed by atoms with E-state index in [2.05, 4.69) is 4.72 Å². The van der Waals surface area contributed by atoms with E-state index in [0.29, 0.717) is 24.4 Å². The first-order chi connectivity index (χ1) is 12.3. The van der Waals surface area contributed by atoms with Gasteiger partial charge in [-0.25, -0.2) is 8.42 Å². The van der Waals surface area contributed by atoms with E-state index < -0.39 is 10.0 Å². The van der Waals surface area contributed by atoms with Crippen molar-refractivity contribution < 1.29 is 17.9 Å². The number of carbonyl (C=O) groups is 1. The second-order valence-corrected chi connectivity index (χ2v) is 8.28. The van der Waals surface area contributed by atoms with Crippen LogP contribution in [0.3, 0.4) is 0 Å². The van der Waals surface area contributed by atoms with Gasteiger partial charge in [-0.3, -0.25) is 9.52 Å². The molecule has 0 spiro atoms. The predicted molar refractivity (Wildman–Crippen MR) is 99.6 cm³/mol. The average Bonchev–Trinajstić information content (AvgIpc) is 2.56. The topological polar surface area (TPSA) is 75.7 Å². The number of hydrogen-bond donors (Lipinski definition) is 1. The smallest absolute Gasteiger partial charge is 0.265 e. The van der Waals surface area contributed by atoms with E-state index in [4.69, 9.17) is 4.74 Å². The van der Waals surface area contributed by atoms with Gasteiger partial charge in [0.2, 0.25) is 5.91 Å². The van der Waals surface area contributed by atoms with Crippen LogP contribution in [-0.2, 0) is 27.8 Å². The molecular formula is C19H22N2O4S. The normalized spacial score (nSPS) is 14.3. The molecule has 0 radical (unpaired) electrons. The van der Waals surface area contributed by atoms with Gasteiger partial charge in [0.15, 0.2) is 0 Å². The summed E-state index contributed by atoms with van der Waals surface area (Å²) >= 11 is 0. The molecule has 138 valence electrons. The predicted octanol–water partition coefficient (Wildman–Crippen LogP) is 2.79. The summed E-state index contributed by atoms with van der Waals surface area (Å²) in [6, 6.07) is 11.8. The van der Waals surface area contributed by atoms with Crippen molar-refractivity contribution in [1.29, 1.82) is 0 Å². The summed E-state index contributed by atoms with van der Waals surface area (Å²) in [7, 11) is -2.06. The van der Waals surface area contributed by atoms with E-state index >= 15 is 0 Å². The van der Waals surface area contributed by atoms with Crippen LogP contribution in [-0.4, -0.2) is 32.4 Å². The van der Waals surface area contributed by atoms with Crippen molar-refractivity contribution >= 4 is 21.6 Å². The molecule has 3 rings (SSSR count). The molecule has 0 saturated carbocycles. The Hall–Kier alpha value is -2.54. The summed E-state index contributed by atoms with van der Waals surface area (Å²) in [4.78, 5) is 13.5. The van der Waals surface area contributed by atoms with Crippen LogP contribution in [0.15, 0.2) is 47.4 Å². The van der Waals surface area contributed by atoms with E-state index in [1.54, 1.807) is 48.3 Å². The number of nitrogens with zero attached hydrogens (tertiary/aromatic N) is 1. The monoisotopic (exact) mass is 374 g/mol. The number of carbonyl (C=O) groups excluding carboxylic acids is 1. The van der Waals surface area contributed by atoms with Gasteiger partial charge in [0.05, 0.1) is 12.5 Å². The Labute approximate surface area is 153 Å². The molecule has 6 nitrogen and oxygen atoms in total. The summed E-state index contributed by atoms with van der Waals surface area (Å²) in [5.74, 6) is 0.379. The third-order valence-electron chi connectivity index (χ3n) is 4.13. The first kappa shape index (κ1) is 18.3. The highest BCUT2D eigenvalue weighted by molar-refractivity contribution is 7.92. The van der Waals surface area contributed by atoms with Gasteiger partial charge in [-0.1, -0.05) is 18.2 Å². The maximum absolute atomic E-state index is 12.8. The molecular weight excluding hydrogens is 352 g/mol. The van der Waals surface area contributed by atoms with E-state index in [1.807, 2.05) is 13.8 Å². The third-order valence-corrected chi connectivity index (χ3v) is 5.56. The van der Waals surface area contributed by atoms with Crippen LogP contribution >= 0.6 is 0 Å². The summed E-state index contributed by atoms with van der Waals surface area (Å²) < 4.78 is 33.9. The molecule has 1 amide bonds. The average molecular weight is 374 g/mol. The molecule has 7 heteroatoms. The molecule has 1 aliphatic rings. The number of fused-ring (bicyclic) bond motifs is 1. The lowest BCUT2D eigenvalue weighted by Crippen LogP contribution is -2.32. The van der Waals surface area contributed by atoms with E-state index in [1.165, 1.54) is 6.07 Å². The molecule has 0 fully saturated rings. The lowest BCUT2D eigenvalue weighted by molar-refractivity contribution is -0.130. The Morgan fingerprint density at radius 1 is 1.12 bits per heavy atom. The van der Waals surface area contributed by atoms with Crippen molar-refractivity contribution in [3.63, 3.8) is 0 Å². The van der Waals surface area contributed by atoms with Gasteiger partial charge in [-0.15, -0.1) is 0 Å². The zero-order chi connectivity index (χ0) is 18.9. The molecule has 1 aliphatic heterocycles. The highest BCUT2D eigenvalue weighted by Gasteiger charge is 2.23. The number of ether oxygens (including phenoxy) is 1. The van der Waals surface area contributed by atoms with Gasteiger partial charge in [-0.2, -0.15) is 0 Å². The van der Waals surface area contributed by atoms with Crippen LogP contribution in [0.2, 0.25) is 0 Å². The summed E-state index contributed by atoms with van der Waals surface area (Å²) in [6.07, 6.45) is 0.201. The highest BCUT2D eigenvalue weighted by atomic mass is 32.2. The van der Waals surface area contributed by atoms with Crippen LogP contribution in [0.4, 0.5) is 5.69 Å². The Morgan fingerprint density at radius 3 is 2.58 bits per heavy atom. The third kappa shape index (κ3) is 3.83. The van der Waals surface area contributed by atoms with Crippen molar-refractivity contribution in [2.24, 2.45) is 0 Å². The van der Waals surface area contributed by atoms with Crippen molar-refractivity contribution in [1.82, 2.24) is 4.90 Å². The maximum Gasteiger partial charge on any atom is 0.265 e. The minimum absolute atomic E-state index is 0.0607. The highest BCUT2D eigenvalue weighted by Crippen LogP contribution is 2.28. The van der Waals surface area contributed by atoms with Gasteiger partial charge in [-0.05, 0) is 49.2 Å². The lowest BCUT2D eigenvalue weighted by atomic mass is 9.99. The number of sulfonamides is 1. The van der Waals surface area contributed by atoms with Crippen molar-refractivity contribution in [3.05, 3.63) is 53.6 Å². The second-order valence-electron chi connectivity index (χ2n) is 6.63. The molecule has 0 unspecified atom stereocenters. The van der Waals surface area contributed by atoms with Gasteiger partial charge in [0.1, 0.15) is 10.6 Å². The van der Waals surface area contributed by atoms with Gasteiger partial charge in [0, 0.05) is 19.3 Å². The zero-order valence-corrected chi connectivity index (χ0v) is 15.8. The van der Waals surface area contributed by atoms with Crippen LogP contribution < -0.4 is 9.46 Å². The Kier molecular flexibility index (Phi) is 4.91. The molecule has 26 heavy (non-hydrogen) atoms. The fourth-order valence-corrected chi connectivity index (χ4v) is 4.07. The van der Waals surface area contributed by atoms with Gasteiger partial charge >= 0.3 is 0 Å². The lowest BCUT2D eigenvalue weighted by Gasteiger charge is -2.25. The Bertz CT molecular complexity index is 938. The van der Waals surface area contributed by atoms with Crippen LogP contribution in [0.5, 0.6) is 5.75 Å². The summed E-state index contributed by atoms with van der Waals surface area (Å²) in [6.45, 7) is 4.16. The van der Waals surface area contributed by atoms with Crippen LogP contribution in [0, 0.1) is 0 Å². The maximum atomic E-state index is 12.8. The minimum atomic E-state index is -3.80. The molecule has 0 atom stereocenters. The van der Waals surface area contributed by atoms with Crippen LogP contribution in [0.25, 0.3) is 0 Å². The molecule has 0 saturated heterocycles. The number of amides is 1. The largest absolute Gasteiger partial charge is 0.490 e. The number of hydrogen-bond acceptors (Lipinski definition) is 4. The Morgan fingerprint density at radius 2 is 1.85 bits per heavy atom. The van der Waals surface area contributed by atoms with Crippen LogP contribution in [0.1, 0.15) is 25.0 Å². The van der Waals surface area contributed by atoms with Crippen molar-refractivity contribution in [2.45, 2.75) is 37.8 Å². The van der Waals surface area contributed by atoms with E-state index in [0.717, 1.165) is 11.1 Å². The molecule has 1 N–H and O–H groups in total.